The van der Waals surface area contributed by atoms with E-state index in [2.05, 4.69) is 4.98 Å². The molecule has 1 heterocycles. The number of rotatable bonds is 1. The van der Waals surface area contributed by atoms with Gasteiger partial charge in [0.15, 0.2) is 5.43 Å². The third-order valence-electron chi connectivity index (χ3n) is 3.65. The maximum absolute atomic E-state index is 12.6. The van der Waals surface area contributed by atoms with Gasteiger partial charge in [0, 0.05) is 16.5 Å². The van der Waals surface area contributed by atoms with Crippen molar-refractivity contribution in [3.8, 4) is 11.3 Å². The van der Waals surface area contributed by atoms with Crippen molar-refractivity contribution in [2.75, 3.05) is 0 Å². The molecular weight excluding hydrogens is 291 g/mol. The molecule has 0 spiro atoms. The van der Waals surface area contributed by atoms with E-state index >= 15 is 0 Å². The molecule has 0 saturated heterocycles. The Labute approximate surface area is 124 Å². The van der Waals surface area contributed by atoms with E-state index in [1.54, 1.807) is 31.2 Å². The van der Waals surface area contributed by atoms with E-state index in [1.165, 1.54) is 12.1 Å². The van der Waals surface area contributed by atoms with Crippen molar-refractivity contribution in [1.29, 1.82) is 0 Å². The number of nitrogens with one attached hydrogen (secondary N) is 1. The van der Waals surface area contributed by atoms with Crippen LogP contribution in [0.15, 0.2) is 53.3 Å². The van der Waals surface area contributed by atoms with Gasteiger partial charge in [-0.1, -0.05) is 24.3 Å². The Balaban J connectivity index is 2.18. The number of alkyl halides is 3. The first-order valence-electron chi connectivity index (χ1n) is 6.67. The molecule has 0 amide bonds. The van der Waals surface area contributed by atoms with E-state index in [9.17, 15) is 18.0 Å². The molecule has 1 N–H and O–H groups in total. The SMILES string of the molecule is Cc1c(-c2ccc(C(F)(F)F)cc2)[nH]c2ccccc2c1=O. The Morgan fingerprint density at radius 2 is 1.59 bits per heavy atom. The van der Waals surface area contributed by atoms with Crippen molar-refractivity contribution < 1.29 is 13.2 Å². The predicted molar refractivity (Wildman–Crippen MR) is 79.7 cm³/mol. The van der Waals surface area contributed by atoms with Gasteiger partial charge >= 0.3 is 6.18 Å². The van der Waals surface area contributed by atoms with Crippen LogP contribution in [0, 0.1) is 6.92 Å². The number of aromatic nitrogens is 1. The van der Waals surface area contributed by atoms with Gasteiger partial charge < -0.3 is 4.98 Å². The summed E-state index contributed by atoms with van der Waals surface area (Å²) in [5, 5.41) is 0.565. The molecule has 0 saturated carbocycles. The maximum atomic E-state index is 12.6. The fourth-order valence-corrected chi connectivity index (χ4v) is 2.45. The first-order valence-corrected chi connectivity index (χ1v) is 6.67. The minimum Gasteiger partial charge on any atom is -0.354 e. The zero-order valence-electron chi connectivity index (χ0n) is 11.7. The number of halogens is 3. The minimum atomic E-state index is -4.37. The largest absolute Gasteiger partial charge is 0.416 e. The van der Waals surface area contributed by atoms with Crippen molar-refractivity contribution in [1.82, 2.24) is 4.98 Å². The summed E-state index contributed by atoms with van der Waals surface area (Å²) in [5.41, 5.74) is 1.40. The van der Waals surface area contributed by atoms with Gasteiger partial charge in [-0.15, -0.1) is 0 Å². The summed E-state index contributed by atoms with van der Waals surface area (Å²) in [6.45, 7) is 1.66. The summed E-state index contributed by atoms with van der Waals surface area (Å²) in [5.74, 6) is 0. The third kappa shape index (κ3) is 2.39. The number of benzene rings is 2. The number of pyridine rings is 1. The van der Waals surface area contributed by atoms with Gasteiger partial charge in [0.05, 0.1) is 11.3 Å². The number of hydrogen-bond donors (Lipinski definition) is 1. The van der Waals surface area contributed by atoms with Crippen LogP contribution in [0.1, 0.15) is 11.1 Å². The van der Waals surface area contributed by atoms with Gasteiger partial charge in [-0.25, -0.2) is 0 Å². The van der Waals surface area contributed by atoms with Crippen molar-refractivity contribution in [2.24, 2.45) is 0 Å². The summed E-state index contributed by atoms with van der Waals surface area (Å²) in [4.78, 5) is 15.5. The highest BCUT2D eigenvalue weighted by molar-refractivity contribution is 5.83. The Bertz CT molecular complexity index is 892. The average molecular weight is 303 g/mol. The van der Waals surface area contributed by atoms with Crippen LogP contribution < -0.4 is 5.43 Å². The van der Waals surface area contributed by atoms with Crippen molar-refractivity contribution in [3.05, 3.63) is 69.9 Å². The molecule has 5 heteroatoms. The van der Waals surface area contributed by atoms with Gasteiger partial charge in [-0.05, 0) is 36.8 Å². The molecule has 2 nitrogen and oxygen atoms in total. The smallest absolute Gasteiger partial charge is 0.354 e. The molecular formula is C17H12F3NO. The van der Waals surface area contributed by atoms with Crippen LogP contribution in [-0.4, -0.2) is 4.98 Å². The van der Waals surface area contributed by atoms with Crippen molar-refractivity contribution >= 4 is 10.9 Å². The normalized spacial score (nSPS) is 11.8. The lowest BCUT2D eigenvalue weighted by molar-refractivity contribution is -0.137. The summed E-state index contributed by atoms with van der Waals surface area (Å²) in [6, 6.07) is 11.8. The zero-order chi connectivity index (χ0) is 15.9. The van der Waals surface area contributed by atoms with Gasteiger partial charge in [0.2, 0.25) is 0 Å². The second-order valence-electron chi connectivity index (χ2n) is 5.07. The lowest BCUT2D eigenvalue weighted by atomic mass is 10.0. The molecule has 0 radical (unpaired) electrons. The van der Waals surface area contributed by atoms with Gasteiger partial charge in [0.25, 0.3) is 0 Å². The molecule has 1 aromatic heterocycles. The van der Waals surface area contributed by atoms with E-state index in [1.807, 2.05) is 0 Å². The molecule has 0 unspecified atom stereocenters. The van der Waals surface area contributed by atoms with Crippen molar-refractivity contribution in [2.45, 2.75) is 13.1 Å². The lowest BCUT2D eigenvalue weighted by Gasteiger charge is -2.10. The maximum Gasteiger partial charge on any atom is 0.416 e. The summed E-state index contributed by atoms with van der Waals surface area (Å²) in [7, 11) is 0. The number of fused-ring (bicyclic) bond motifs is 1. The predicted octanol–water partition coefficient (Wildman–Crippen LogP) is 4.52. The first-order chi connectivity index (χ1) is 10.4. The van der Waals surface area contributed by atoms with E-state index in [0.717, 1.165) is 12.1 Å². The molecule has 22 heavy (non-hydrogen) atoms. The first kappa shape index (κ1) is 14.4. The van der Waals surface area contributed by atoms with Crippen LogP contribution >= 0.6 is 0 Å². The second-order valence-corrected chi connectivity index (χ2v) is 5.07. The highest BCUT2D eigenvalue weighted by atomic mass is 19.4. The number of aromatic amines is 1. The Morgan fingerprint density at radius 3 is 2.23 bits per heavy atom. The third-order valence-corrected chi connectivity index (χ3v) is 3.65. The van der Waals surface area contributed by atoms with Crippen LogP contribution in [0.5, 0.6) is 0 Å². The number of para-hydroxylation sites is 1. The molecule has 0 aliphatic heterocycles. The standard InChI is InChI=1S/C17H12F3NO/c1-10-15(11-6-8-12(9-7-11)17(18,19)20)21-14-5-3-2-4-13(14)16(10)22/h2-9H,1H3,(H,21,22). The Hall–Kier alpha value is -2.56. The summed E-state index contributed by atoms with van der Waals surface area (Å²) >= 11 is 0. The highest BCUT2D eigenvalue weighted by Crippen LogP contribution is 2.31. The molecule has 0 atom stereocenters. The quantitative estimate of drug-likeness (QED) is 0.704. The van der Waals surface area contributed by atoms with Gasteiger partial charge in [0.1, 0.15) is 0 Å². The molecule has 3 aromatic rings. The molecule has 0 aliphatic carbocycles. The molecule has 2 aromatic carbocycles. The van der Waals surface area contributed by atoms with Crippen LogP contribution in [0.4, 0.5) is 13.2 Å². The molecule has 0 aliphatic rings. The van der Waals surface area contributed by atoms with Crippen LogP contribution in [-0.2, 0) is 6.18 Å². The van der Waals surface area contributed by atoms with Crippen molar-refractivity contribution in [3.63, 3.8) is 0 Å². The van der Waals surface area contributed by atoms with Crippen LogP contribution in [0.25, 0.3) is 22.2 Å². The molecule has 3 rings (SSSR count). The van der Waals surface area contributed by atoms with E-state index < -0.39 is 11.7 Å². The lowest BCUT2D eigenvalue weighted by Crippen LogP contribution is -2.09. The second kappa shape index (κ2) is 5.02. The van der Waals surface area contributed by atoms with E-state index in [4.69, 9.17) is 0 Å². The molecule has 0 fully saturated rings. The minimum absolute atomic E-state index is 0.121. The summed E-state index contributed by atoms with van der Waals surface area (Å²) < 4.78 is 37.8. The number of H-pyrrole nitrogens is 1. The summed E-state index contributed by atoms with van der Waals surface area (Å²) in [6.07, 6.45) is -4.37. The number of hydrogen-bond acceptors (Lipinski definition) is 1. The van der Waals surface area contributed by atoms with E-state index in [0.29, 0.717) is 27.7 Å². The Morgan fingerprint density at radius 1 is 0.955 bits per heavy atom. The fraction of sp³-hybridized carbons (Fsp3) is 0.118. The average Bonchev–Trinajstić information content (AvgIpc) is 2.50. The van der Waals surface area contributed by atoms with E-state index in [-0.39, 0.29) is 5.43 Å². The van der Waals surface area contributed by atoms with Gasteiger partial charge in [-0.2, -0.15) is 13.2 Å². The molecule has 112 valence electrons. The molecule has 0 bridgehead atoms. The highest BCUT2D eigenvalue weighted by Gasteiger charge is 2.30. The Kier molecular flexibility index (Phi) is 3.28. The topological polar surface area (TPSA) is 32.9 Å². The van der Waals surface area contributed by atoms with Gasteiger partial charge in [-0.3, -0.25) is 4.79 Å². The fourth-order valence-electron chi connectivity index (χ4n) is 2.45. The van der Waals surface area contributed by atoms with Crippen LogP contribution in [0.2, 0.25) is 0 Å². The monoisotopic (exact) mass is 303 g/mol. The van der Waals surface area contributed by atoms with Crippen LogP contribution in [0.3, 0.4) is 0 Å². The zero-order valence-corrected chi connectivity index (χ0v) is 11.7.